The molecule has 1 aliphatic rings. The highest BCUT2D eigenvalue weighted by Gasteiger charge is 2.32. The molecule has 0 atom stereocenters. The summed E-state index contributed by atoms with van der Waals surface area (Å²) in [5.41, 5.74) is 1.20. The summed E-state index contributed by atoms with van der Waals surface area (Å²) in [5.74, 6) is -0.437. The molecule has 1 aromatic carbocycles. The highest BCUT2D eigenvalue weighted by molar-refractivity contribution is 8.00. The van der Waals surface area contributed by atoms with Crippen molar-refractivity contribution in [3.8, 4) is 0 Å². The van der Waals surface area contributed by atoms with Crippen LogP contribution in [0.4, 0.5) is 0 Å². The molecule has 0 saturated heterocycles. The number of carboxylic acid groups (broad SMARTS) is 1. The first-order valence-corrected chi connectivity index (χ1v) is 7.75. The van der Waals surface area contributed by atoms with Crippen molar-refractivity contribution in [2.45, 2.75) is 37.1 Å². The van der Waals surface area contributed by atoms with Crippen LogP contribution in [0.3, 0.4) is 0 Å². The lowest BCUT2D eigenvalue weighted by atomic mass is 10.2. The lowest BCUT2D eigenvalue weighted by Crippen LogP contribution is -2.36. The number of benzene rings is 1. The second-order valence-corrected chi connectivity index (χ2v) is 6.11. The summed E-state index contributed by atoms with van der Waals surface area (Å²) in [6.45, 7) is 2.35. The standard InChI is InChI=1S/C15H19NO3S/c1-11-2-6-13(7-3-11)20-10-14(17)16(12-4-5-12)9-8-15(18)19/h2-3,6-7,12H,4-5,8-10H2,1H3,(H,18,19). The van der Waals surface area contributed by atoms with Gasteiger partial charge in [-0.1, -0.05) is 17.7 Å². The van der Waals surface area contributed by atoms with Gasteiger partial charge in [-0.2, -0.15) is 0 Å². The molecule has 1 N–H and O–H groups in total. The van der Waals surface area contributed by atoms with Crippen LogP contribution in [0.15, 0.2) is 29.2 Å². The molecule has 1 amide bonds. The third-order valence-electron chi connectivity index (χ3n) is 3.26. The van der Waals surface area contributed by atoms with E-state index in [1.165, 1.54) is 17.3 Å². The summed E-state index contributed by atoms with van der Waals surface area (Å²) in [4.78, 5) is 25.6. The van der Waals surface area contributed by atoms with E-state index in [1.807, 2.05) is 31.2 Å². The lowest BCUT2D eigenvalue weighted by Gasteiger charge is -2.21. The molecule has 0 bridgehead atoms. The number of carbonyl (C=O) groups is 2. The monoisotopic (exact) mass is 293 g/mol. The molecule has 1 aliphatic carbocycles. The van der Waals surface area contributed by atoms with E-state index >= 15 is 0 Å². The molecule has 1 fully saturated rings. The summed E-state index contributed by atoms with van der Waals surface area (Å²) in [7, 11) is 0. The quantitative estimate of drug-likeness (QED) is 0.785. The highest BCUT2D eigenvalue weighted by atomic mass is 32.2. The van der Waals surface area contributed by atoms with Crippen LogP contribution in [-0.4, -0.2) is 40.2 Å². The Morgan fingerprint density at radius 2 is 1.95 bits per heavy atom. The topological polar surface area (TPSA) is 57.6 Å². The van der Waals surface area contributed by atoms with Gasteiger partial charge in [0.05, 0.1) is 12.2 Å². The van der Waals surface area contributed by atoms with Gasteiger partial charge in [0.25, 0.3) is 0 Å². The maximum Gasteiger partial charge on any atom is 0.305 e. The molecular formula is C15H19NO3S. The number of hydrogen-bond donors (Lipinski definition) is 1. The van der Waals surface area contributed by atoms with E-state index in [9.17, 15) is 9.59 Å². The van der Waals surface area contributed by atoms with E-state index in [0.29, 0.717) is 12.3 Å². The summed E-state index contributed by atoms with van der Waals surface area (Å²) in [5, 5.41) is 8.74. The first-order valence-electron chi connectivity index (χ1n) is 6.77. The fraction of sp³-hybridized carbons (Fsp3) is 0.467. The van der Waals surface area contributed by atoms with Crippen molar-refractivity contribution in [1.29, 1.82) is 0 Å². The zero-order chi connectivity index (χ0) is 14.5. The Labute approximate surface area is 123 Å². The molecule has 0 aliphatic heterocycles. The molecule has 0 aromatic heterocycles. The molecule has 0 spiro atoms. The van der Waals surface area contributed by atoms with Gasteiger partial charge < -0.3 is 10.0 Å². The second kappa shape index (κ2) is 6.79. The van der Waals surface area contributed by atoms with Gasteiger partial charge in [-0.3, -0.25) is 9.59 Å². The van der Waals surface area contributed by atoms with Gasteiger partial charge in [-0.05, 0) is 31.9 Å². The molecule has 4 nitrogen and oxygen atoms in total. The van der Waals surface area contributed by atoms with Crippen molar-refractivity contribution in [2.24, 2.45) is 0 Å². The van der Waals surface area contributed by atoms with E-state index in [4.69, 9.17) is 5.11 Å². The average molecular weight is 293 g/mol. The number of aryl methyl sites for hydroxylation is 1. The predicted octanol–water partition coefficient (Wildman–Crippen LogP) is 2.55. The first-order chi connectivity index (χ1) is 9.56. The van der Waals surface area contributed by atoms with Crippen LogP contribution in [0.5, 0.6) is 0 Å². The highest BCUT2D eigenvalue weighted by Crippen LogP contribution is 2.28. The number of thioether (sulfide) groups is 1. The van der Waals surface area contributed by atoms with Crippen LogP contribution in [0.1, 0.15) is 24.8 Å². The number of rotatable bonds is 7. The van der Waals surface area contributed by atoms with Crippen molar-refractivity contribution < 1.29 is 14.7 Å². The maximum atomic E-state index is 12.2. The molecule has 1 aromatic rings. The zero-order valence-electron chi connectivity index (χ0n) is 11.5. The Hall–Kier alpha value is -1.49. The summed E-state index contributed by atoms with van der Waals surface area (Å²) >= 11 is 1.51. The van der Waals surface area contributed by atoms with E-state index in [0.717, 1.165) is 17.7 Å². The number of hydrogen-bond acceptors (Lipinski definition) is 3. The summed E-state index contributed by atoms with van der Waals surface area (Å²) < 4.78 is 0. The van der Waals surface area contributed by atoms with Crippen molar-refractivity contribution in [3.05, 3.63) is 29.8 Å². The van der Waals surface area contributed by atoms with Crippen LogP contribution >= 0.6 is 11.8 Å². The van der Waals surface area contributed by atoms with E-state index in [-0.39, 0.29) is 18.4 Å². The molecule has 1 saturated carbocycles. The normalized spacial score (nSPS) is 14.1. The van der Waals surface area contributed by atoms with Gasteiger partial charge in [-0.25, -0.2) is 0 Å². The molecule has 0 unspecified atom stereocenters. The van der Waals surface area contributed by atoms with E-state index in [2.05, 4.69) is 0 Å². The smallest absolute Gasteiger partial charge is 0.305 e. The van der Waals surface area contributed by atoms with Gasteiger partial charge in [0.15, 0.2) is 0 Å². The number of nitrogens with zero attached hydrogens (tertiary/aromatic N) is 1. The van der Waals surface area contributed by atoms with Crippen molar-refractivity contribution in [1.82, 2.24) is 4.90 Å². The lowest BCUT2D eigenvalue weighted by molar-refractivity contribution is -0.138. The molecule has 0 radical (unpaired) electrons. The Bertz CT molecular complexity index is 482. The Balaban J connectivity index is 1.85. The zero-order valence-corrected chi connectivity index (χ0v) is 12.4. The van der Waals surface area contributed by atoms with Gasteiger partial charge in [0, 0.05) is 17.5 Å². The van der Waals surface area contributed by atoms with Crippen LogP contribution in [-0.2, 0) is 9.59 Å². The SMILES string of the molecule is Cc1ccc(SCC(=O)N(CCC(=O)O)C2CC2)cc1. The van der Waals surface area contributed by atoms with Crippen molar-refractivity contribution >= 4 is 23.6 Å². The van der Waals surface area contributed by atoms with E-state index in [1.54, 1.807) is 4.90 Å². The van der Waals surface area contributed by atoms with Crippen LogP contribution in [0, 0.1) is 6.92 Å². The average Bonchev–Trinajstić information content (AvgIpc) is 3.22. The van der Waals surface area contributed by atoms with E-state index < -0.39 is 5.97 Å². The first kappa shape index (κ1) is 14.9. The Kier molecular flexibility index (Phi) is 5.06. The van der Waals surface area contributed by atoms with Crippen LogP contribution in [0.2, 0.25) is 0 Å². The number of aliphatic carboxylic acids is 1. The Morgan fingerprint density at radius 1 is 1.30 bits per heavy atom. The minimum Gasteiger partial charge on any atom is -0.481 e. The third-order valence-corrected chi connectivity index (χ3v) is 4.25. The summed E-state index contributed by atoms with van der Waals surface area (Å²) in [6.07, 6.45) is 2.03. The fourth-order valence-electron chi connectivity index (χ4n) is 1.98. The van der Waals surface area contributed by atoms with Gasteiger partial charge in [0.2, 0.25) is 5.91 Å². The van der Waals surface area contributed by atoms with Gasteiger partial charge in [-0.15, -0.1) is 11.8 Å². The fourth-order valence-corrected chi connectivity index (χ4v) is 2.76. The number of carboxylic acids is 1. The molecule has 2 rings (SSSR count). The summed E-state index contributed by atoms with van der Waals surface area (Å²) in [6, 6.07) is 8.32. The molecule has 108 valence electrons. The van der Waals surface area contributed by atoms with Crippen LogP contribution in [0.25, 0.3) is 0 Å². The molecule has 20 heavy (non-hydrogen) atoms. The van der Waals surface area contributed by atoms with Crippen LogP contribution < -0.4 is 0 Å². The minimum absolute atomic E-state index is 0.0252. The third kappa shape index (κ3) is 4.56. The largest absolute Gasteiger partial charge is 0.481 e. The Morgan fingerprint density at radius 3 is 2.50 bits per heavy atom. The van der Waals surface area contributed by atoms with Gasteiger partial charge in [0.1, 0.15) is 0 Å². The molecule has 0 heterocycles. The number of carbonyl (C=O) groups excluding carboxylic acids is 1. The second-order valence-electron chi connectivity index (χ2n) is 5.06. The molecular weight excluding hydrogens is 274 g/mol. The minimum atomic E-state index is -0.852. The van der Waals surface area contributed by atoms with Crippen molar-refractivity contribution in [2.75, 3.05) is 12.3 Å². The van der Waals surface area contributed by atoms with Gasteiger partial charge >= 0.3 is 5.97 Å². The van der Waals surface area contributed by atoms with Crippen molar-refractivity contribution in [3.63, 3.8) is 0 Å². The predicted molar refractivity (Wildman–Crippen MR) is 78.9 cm³/mol. The maximum absolute atomic E-state index is 12.2. The number of amides is 1. The molecule has 5 heteroatoms.